The summed E-state index contributed by atoms with van der Waals surface area (Å²) in [4.78, 5) is 2.44. The van der Waals surface area contributed by atoms with Crippen LogP contribution in [0, 0.1) is 5.92 Å². The Bertz CT molecular complexity index is 366. The third-order valence-electron chi connectivity index (χ3n) is 4.24. The van der Waals surface area contributed by atoms with E-state index in [4.69, 9.17) is 5.73 Å². The molecule has 2 heteroatoms. The van der Waals surface area contributed by atoms with E-state index in [2.05, 4.69) is 63.9 Å². The van der Waals surface area contributed by atoms with Crippen molar-refractivity contribution in [3.05, 3.63) is 35.4 Å². The minimum Gasteiger partial charge on any atom is -0.329 e. The minimum atomic E-state index is 0.327. The first-order chi connectivity index (χ1) is 9.53. The average molecular weight is 276 g/mol. The molecule has 0 saturated heterocycles. The maximum absolute atomic E-state index is 6.03. The number of hydrogen-bond donors (Lipinski definition) is 1. The van der Waals surface area contributed by atoms with Crippen molar-refractivity contribution in [1.29, 1.82) is 0 Å². The molecule has 0 fully saturated rings. The zero-order valence-corrected chi connectivity index (χ0v) is 13.9. The molecule has 0 saturated carbocycles. The van der Waals surface area contributed by atoms with Crippen LogP contribution in [0.15, 0.2) is 24.3 Å². The molecule has 0 aromatic heterocycles. The molecule has 0 heterocycles. The van der Waals surface area contributed by atoms with Crippen LogP contribution in [0.3, 0.4) is 0 Å². The van der Waals surface area contributed by atoms with Crippen LogP contribution in [0.2, 0.25) is 0 Å². The van der Waals surface area contributed by atoms with Gasteiger partial charge >= 0.3 is 0 Å². The summed E-state index contributed by atoms with van der Waals surface area (Å²) in [7, 11) is 2.21. The van der Waals surface area contributed by atoms with E-state index < -0.39 is 0 Å². The van der Waals surface area contributed by atoms with Crippen LogP contribution in [0.25, 0.3) is 0 Å². The summed E-state index contributed by atoms with van der Waals surface area (Å²) < 4.78 is 0. The first-order valence-electron chi connectivity index (χ1n) is 8.04. The number of hydrogen-bond acceptors (Lipinski definition) is 2. The van der Waals surface area contributed by atoms with Crippen LogP contribution in [-0.4, -0.2) is 24.5 Å². The molecule has 0 radical (unpaired) electrons. The standard InChI is InChI=1S/C18H32N2/c1-6-17(7-2)20(5)18(13-19)16-10-8-15(9-11-16)12-14(3)4/h8-11,14,17-18H,6-7,12-13,19H2,1-5H3. The molecule has 114 valence electrons. The molecular weight excluding hydrogens is 244 g/mol. The van der Waals surface area contributed by atoms with Crippen LogP contribution in [0.4, 0.5) is 0 Å². The fourth-order valence-electron chi connectivity index (χ4n) is 3.00. The molecule has 2 nitrogen and oxygen atoms in total. The van der Waals surface area contributed by atoms with Gasteiger partial charge in [0, 0.05) is 18.6 Å². The van der Waals surface area contributed by atoms with Crippen LogP contribution in [0.5, 0.6) is 0 Å². The number of nitrogens with two attached hydrogens (primary N) is 1. The lowest BCUT2D eigenvalue weighted by atomic mass is 9.97. The Balaban J connectivity index is 2.84. The fraction of sp³-hybridized carbons (Fsp3) is 0.667. The molecule has 1 rings (SSSR count). The Hall–Kier alpha value is -0.860. The van der Waals surface area contributed by atoms with E-state index in [-0.39, 0.29) is 0 Å². The van der Waals surface area contributed by atoms with Gasteiger partial charge in [0.1, 0.15) is 0 Å². The highest BCUT2D eigenvalue weighted by molar-refractivity contribution is 5.25. The zero-order chi connectivity index (χ0) is 15.1. The lowest BCUT2D eigenvalue weighted by Gasteiger charge is -2.34. The van der Waals surface area contributed by atoms with Gasteiger partial charge in [-0.3, -0.25) is 4.90 Å². The van der Waals surface area contributed by atoms with Gasteiger partial charge in [-0.1, -0.05) is 52.0 Å². The molecule has 2 N–H and O–H groups in total. The summed E-state index contributed by atoms with van der Waals surface area (Å²) in [6.45, 7) is 9.71. The molecular formula is C18H32N2. The number of rotatable bonds is 8. The third-order valence-corrected chi connectivity index (χ3v) is 4.24. The number of benzene rings is 1. The van der Waals surface area contributed by atoms with Gasteiger partial charge < -0.3 is 5.73 Å². The fourth-order valence-corrected chi connectivity index (χ4v) is 3.00. The summed E-state index contributed by atoms with van der Waals surface area (Å²) >= 11 is 0. The topological polar surface area (TPSA) is 29.3 Å². The van der Waals surface area contributed by atoms with Gasteiger partial charge in [0.15, 0.2) is 0 Å². The highest BCUT2D eigenvalue weighted by Crippen LogP contribution is 2.23. The first kappa shape index (κ1) is 17.2. The Labute approximate surface area is 125 Å². The smallest absolute Gasteiger partial charge is 0.0470 e. The van der Waals surface area contributed by atoms with E-state index in [1.54, 1.807) is 0 Å². The first-order valence-corrected chi connectivity index (χ1v) is 8.04. The molecule has 1 aromatic carbocycles. The van der Waals surface area contributed by atoms with Crippen LogP contribution in [0.1, 0.15) is 57.7 Å². The van der Waals surface area contributed by atoms with Gasteiger partial charge in [-0.15, -0.1) is 0 Å². The molecule has 0 bridgehead atoms. The molecule has 1 aromatic rings. The maximum Gasteiger partial charge on any atom is 0.0470 e. The Kier molecular flexibility index (Phi) is 7.25. The molecule has 0 aliphatic heterocycles. The SMILES string of the molecule is CCC(CC)N(C)C(CN)c1ccc(CC(C)C)cc1. The Morgan fingerprint density at radius 3 is 2.00 bits per heavy atom. The highest BCUT2D eigenvalue weighted by Gasteiger charge is 2.20. The summed E-state index contributed by atoms with van der Waals surface area (Å²) in [6, 6.07) is 9.98. The normalized spacial score (nSPS) is 13.4. The lowest BCUT2D eigenvalue weighted by molar-refractivity contribution is 0.168. The zero-order valence-electron chi connectivity index (χ0n) is 13.9. The number of likely N-dealkylation sites (N-methyl/N-ethyl adjacent to an activating group) is 1. The minimum absolute atomic E-state index is 0.327. The Morgan fingerprint density at radius 1 is 1.05 bits per heavy atom. The second-order valence-electron chi connectivity index (χ2n) is 6.23. The van der Waals surface area contributed by atoms with Crippen molar-refractivity contribution in [1.82, 2.24) is 4.90 Å². The summed E-state index contributed by atoms with van der Waals surface area (Å²) in [5, 5.41) is 0. The van der Waals surface area contributed by atoms with E-state index in [1.807, 2.05) is 0 Å². The second kappa shape index (κ2) is 8.43. The number of nitrogens with zero attached hydrogens (tertiary/aromatic N) is 1. The molecule has 1 unspecified atom stereocenters. The van der Waals surface area contributed by atoms with Gasteiger partial charge in [0.25, 0.3) is 0 Å². The van der Waals surface area contributed by atoms with Crippen molar-refractivity contribution < 1.29 is 0 Å². The van der Waals surface area contributed by atoms with Crippen molar-refractivity contribution in [3.8, 4) is 0 Å². The van der Waals surface area contributed by atoms with Crippen LogP contribution < -0.4 is 5.73 Å². The van der Waals surface area contributed by atoms with Crippen molar-refractivity contribution >= 4 is 0 Å². The molecule has 0 aliphatic carbocycles. The molecule has 20 heavy (non-hydrogen) atoms. The molecule has 0 spiro atoms. The predicted molar refractivity (Wildman–Crippen MR) is 88.9 cm³/mol. The maximum atomic E-state index is 6.03. The largest absolute Gasteiger partial charge is 0.329 e. The summed E-state index contributed by atoms with van der Waals surface area (Å²) in [5.41, 5.74) is 8.79. The van der Waals surface area contributed by atoms with Crippen molar-refractivity contribution in [2.45, 2.75) is 59.0 Å². The van der Waals surface area contributed by atoms with E-state index in [0.29, 0.717) is 24.5 Å². The second-order valence-corrected chi connectivity index (χ2v) is 6.23. The lowest BCUT2D eigenvalue weighted by Crippen LogP contribution is -2.38. The van der Waals surface area contributed by atoms with E-state index in [9.17, 15) is 0 Å². The predicted octanol–water partition coefficient (Wildman–Crippen LogP) is 4.01. The quantitative estimate of drug-likeness (QED) is 0.777. The highest BCUT2D eigenvalue weighted by atomic mass is 15.2. The van der Waals surface area contributed by atoms with Crippen molar-refractivity contribution in [3.63, 3.8) is 0 Å². The van der Waals surface area contributed by atoms with Crippen LogP contribution in [-0.2, 0) is 6.42 Å². The van der Waals surface area contributed by atoms with Gasteiger partial charge in [-0.05, 0) is 43.4 Å². The van der Waals surface area contributed by atoms with Gasteiger partial charge in [-0.25, -0.2) is 0 Å². The van der Waals surface area contributed by atoms with E-state index >= 15 is 0 Å². The van der Waals surface area contributed by atoms with Gasteiger partial charge in [0.05, 0.1) is 0 Å². The summed E-state index contributed by atoms with van der Waals surface area (Å²) in [5.74, 6) is 0.707. The van der Waals surface area contributed by atoms with E-state index in [1.165, 1.54) is 24.0 Å². The Morgan fingerprint density at radius 2 is 1.60 bits per heavy atom. The molecule has 1 atom stereocenters. The van der Waals surface area contributed by atoms with Crippen molar-refractivity contribution in [2.75, 3.05) is 13.6 Å². The van der Waals surface area contributed by atoms with Crippen LogP contribution >= 0.6 is 0 Å². The molecule has 0 aliphatic rings. The molecule has 0 amide bonds. The third kappa shape index (κ3) is 4.60. The van der Waals surface area contributed by atoms with Gasteiger partial charge in [0.2, 0.25) is 0 Å². The van der Waals surface area contributed by atoms with Gasteiger partial charge in [-0.2, -0.15) is 0 Å². The average Bonchev–Trinajstić information content (AvgIpc) is 2.42. The summed E-state index contributed by atoms with van der Waals surface area (Å²) in [6.07, 6.45) is 3.50. The van der Waals surface area contributed by atoms with Crippen molar-refractivity contribution in [2.24, 2.45) is 11.7 Å². The van der Waals surface area contributed by atoms with E-state index in [0.717, 1.165) is 6.42 Å². The monoisotopic (exact) mass is 276 g/mol.